The van der Waals surface area contributed by atoms with E-state index in [0.717, 1.165) is 43.4 Å². The first kappa shape index (κ1) is 19.9. The monoisotopic (exact) mass is 391 g/mol. The van der Waals surface area contributed by atoms with E-state index in [-0.39, 0.29) is 5.56 Å². The van der Waals surface area contributed by atoms with Crippen LogP contribution in [0.25, 0.3) is 6.08 Å². The van der Waals surface area contributed by atoms with Crippen LogP contribution in [0.3, 0.4) is 0 Å². The summed E-state index contributed by atoms with van der Waals surface area (Å²) in [6.45, 7) is 2.17. The third-order valence-electron chi connectivity index (χ3n) is 4.48. The molecule has 0 aliphatic heterocycles. The van der Waals surface area contributed by atoms with Gasteiger partial charge in [-0.05, 0) is 72.4 Å². The molecule has 0 radical (unpaired) electrons. The van der Waals surface area contributed by atoms with Crippen LogP contribution in [-0.2, 0) is 6.42 Å². The normalized spacial score (nSPS) is 12.6. The SMILES string of the molecule is CCC/C=C/C1=Cc2ccc(C#Cc3cc(F)c(N=C=S)c(F)c3)cc2CC1. The van der Waals surface area contributed by atoms with E-state index in [0.29, 0.717) is 0 Å². The van der Waals surface area contributed by atoms with E-state index in [1.54, 1.807) is 0 Å². The predicted octanol–water partition coefficient (Wildman–Crippen LogP) is 6.78. The van der Waals surface area contributed by atoms with Gasteiger partial charge in [0.25, 0.3) is 0 Å². The summed E-state index contributed by atoms with van der Waals surface area (Å²) in [6.07, 6.45) is 10.8. The molecule has 0 N–H and O–H groups in total. The number of unbranched alkanes of at least 4 members (excludes halogenated alkanes) is 1. The first-order valence-corrected chi connectivity index (χ1v) is 9.60. The third-order valence-corrected chi connectivity index (χ3v) is 4.57. The van der Waals surface area contributed by atoms with Crippen molar-refractivity contribution in [2.24, 2.45) is 4.99 Å². The predicted molar refractivity (Wildman–Crippen MR) is 114 cm³/mol. The van der Waals surface area contributed by atoms with Crippen molar-refractivity contribution in [3.8, 4) is 11.8 Å². The highest BCUT2D eigenvalue weighted by molar-refractivity contribution is 7.78. The fraction of sp³-hybridized carbons (Fsp3) is 0.208. The minimum absolute atomic E-state index is 0.249. The van der Waals surface area contributed by atoms with Gasteiger partial charge >= 0.3 is 0 Å². The van der Waals surface area contributed by atoms with Gasteiger partial charge in [0.1, 0.15) is 5.69 Å². The van der Waals surface area contributed by atoms with E-state index in [1.807, 2.05) is 23.4 Å². The van der Waals surface area contributed by atoms with E-state index >= 15 is 0 Å². The fourth-order valence-corrected chi connectivity index (χ4v) is 3.15. The highest BCUT2D eigenvalue weighted by atomic mass is 32.1. The molecule has 0 fully saturated rings. The Bertz CT molecular complexity index is 1040. The summed E-state index contributed by atoms with van der Waals surface area (Å²) in [7, 11) is 0. The molecule has 0 unspecified atom stereocenters. The van der Waals surface area contributed by atoms with Gasteiger partial charge in [0, 0.05) is 11.1 Å². The topological polar surface area (TPSA) is 12.4 Å². The van der Waals surface area contributed by atoms with Crippen LogP contribution in [0.4, 0.5) is 14.5 Å². The maximum atomic E-state index is 13.9. The number of aliphatic imine (C=N–C) groups is 1. The summed E-state index contributed by atoms with van der Waals surface area (Å²) >= 11 is 4.40. The zero-order chi connectivity index (χ0) is 19.9. The Kier molecular flexibility index (Phi) is 6.66. The average molecular weight is 391 g/mol. The average Bonchev–Trinajstić information content (AvgIpc) is 2.69. The number of nitrogens with zero attached hydrogens (tertiary/aromatic N) is 1. The molecule has 0 aromatic heterocycles. The molecule has 1 nitrogen and oxygen atoms in total. The zero-order valence-electron chi connectivity index (χ0n) is 15.6. The Balaban J connectivity index is 1.82. The van der Waals surface area contributed by atoms with Gasteiger partial charge in [-0.1, -0.05) is 49.5 Å². The van der Waals surface area contributed by atoms with E-state index in [1.165, 1.54) is 16.7 Å². The molecule has 0 amide bonds. The minimum atomic E-state index is -0.805. The summed E-state index contributed by atoms with van der Waals surface area (Å²) in [4.78, 5) is 3.40. The molecule has 1 aliphatic carbocycles. The van der Waals surface area contributed by atoms with Gasteiger partial charge in [0.2, 0.25) is 0 Å². The Morgan fingerprint density at radius 2 is 1.82 bits per heavy atom. The number of aryl methyl sites for hydroxylation is 1. The van der Waals surface area contributed by atoms with Gasteiger partial charge in [-0.25, -0.2) is 8.78 Å². The molecule has 140 valence electrons. The lowest BCUT2D eigenvalue weighted by Crippen LogP contribution is -1.98. The molecule has 28 heavy (non-hydrogen) atoms. The van der Waals surface area contributed by atoms with Crippen molar-refractivity contribution in [2.75, 3.05) is 0 Å². The Hall–Kier alpha value is -2.86. The zero-order valence-corrected chi connectivity index (χ0v) is 16.4. The first-order chi connectivity index (χ1) is 13.6. The van der Waals surface area contributed by atoms with Crippen LogP contribution in [0.1, 0.15) is 48.4 Å². The number of benzene rings is 2. The maximum Gasteiger partial charge on any atom is 0.153 e. The van der Waals surface area contributed by atoms with Crippen LogP contribution in [0, 0.1) is 23.5 Å². The molecule has 1 aliphatic rings. The number of hydrogen-bond donors (Lipinski definition) is 0. The van der Waals surface area contributed by atoms with Crippen molar-refractivity contribution in [1.82, 2.24) is 0 Å². The van der Waals surface area contributed by atoms with E-state index in [9.17, 15) is 8.78 Å². The van der Waals surface area contributed by atoms with Crippen LogP contribution in [-0.4, -0.2) is 5.16 Å². The number of fused-ring (bicyclic) bond motifs is 1. The molecule has 0 saturated heterocycles. The second-order valence-electron chi connectivity index (χ2n) is 6.57. The number of halogens is 2. The van der Waals surface area contributed by atoms with Gasteiger partial charge in [-0.15, -0.1) is 0 Å². The molecule has 2 aromatic rings. The van der Waals surface area contributed by atoms with Gasteiger partial charge in [-0.2, -0.15) is 4.99 Å². The molecule has 0 spiro atoms. The summed E-state index contributed by atoms with van der Waals surface area (Å²) in [6, 6.07) is 8.32. The first-order valence-electron chi connectivity index (χ1n) is 9.19. The van der Waals surface area contributed by atoms with Crippen molar-refractivity contribution >= 4 is 29.1 Å². The third kappa shape index (κ3) is 4.89. The van der Waals surface area contributed by atoms with Gasteiger partial charge in [-0.3, -0.25) is 0 Å². The molecule has 2 aromatic carbocycles. The minimum Gasteiger partial charge on any atom is -0.204 e. The van der Waals surface area contributed by atoms with Crippen molar-refractivity contribution in [3.05, 3.63) is 81.9 Å². The molecule has 3 rings (SSSR count). The second-order valence-corrected chi connectivity index (χ2v) is 6.75. The van der Waals surface area contributed by atoms with Crippen molar-refractivity contribution in [2.45, 2.75) is 32.6 Å². The summed E-state index contributed by atoms with van der Waals surface area (Å²) in [5.74, 6) is 4.19. The van der Waals surface area contributed by atoms with Gasteiger partial charge in [0.15, 0.2) is 11.6 Å². The lowest BCUT2D eigenvalue weighted by molar-refractivity contribution is 0.587. The molecule has 0 atom stereocenters. The number of isothiocyanates is 1. The van der Waals surface area contributed by atoms with Crippen molar-refractivity contribution < 1.29 is 8.78 Å². The highest BCUT2D eigenvalue weighted by Crippen LogP contribution is 2.26. The molecule has 0 heterocycles. The summed E-state index contributed by atoms with van der Waals surface area (Å²) in [5, 5.41) is 1.97. The van der Waals surface area contributed by atoms with Gasteiger partial charge < -0.3 is 0 Å². The number of allylic oxidation sites excluding steroid dienone is 3. The molecule has 0 bridgehead atoms. The number of hydrogen-bond acceptors (Lipinski definition) is 2. The smallest absolute Gasteiger partial charge is 0.153 e. The number of rotatable bonds is 4. The lowest BCUT2D eigenvalue weighted by Gasteiger charge is -2.14. The molecule has 4 heteroatoms. The van der Waals surface area contributed by atoms with Crippen LogP contribution >= 0.6 is 12.2 Å². The van der Waals surface area contributed by atoms with E-state index < -0.39 is 17.3 Å². The summed E-state index contributed by atoms with van der Waals surface area (Å²) < 4.78 is 27.8. The van der Waals surface area contributed by atoms with Crippen LogP contribution in [0.2, 0.25) is 0 Å². The summed E-state index contributed by atoms with van der Waals surface area (Å²) in [5.41, 5.74) is 4.41. The Morgan fingerprint density at radius 1 is 1.07 bits per heavy atom. The van der Waals surface area contributed by atoms with E-state index in [2.05, 4.69) is 54.2 Å². The lowest BCUT2D eigenvalue weighted by atomic mass is 9.90. The van der Waals surface area contributed by atoms with Gasteiger partial charge in [0.05, 0.1) is 5.16 Å². The molecule has 0 saturated carbocycles. The van der Waals surface area contributed by atoms with Crippen LogP contribution in [0.5, 0.6) is 0 Å². The second kappa shape index (κ2) is 9.37. The largest absolute Gasteiger partial charge is 0.204 e. The molecular formula is C24H19F2NS. The number of thiocarbonyl (C=S) groups is 1. The standard InChI is InChI=1S/C24H19F2NS/c1-2-3-4-5-17-8-10-21-13-18(9-11-20(21)12-17)6-7-19-14-22(25)24(27-16-28)23(26)15-19/h4-5,9,11-15H,2-3,8,10H2,1H3/b5-4+. The van der Waals surface area contributed by atoms with Crippen molar-refractivity contribution in [1.29, 1.82) is 0 Å². The van der Waals surface area contributed by atoms with Crippen LogP contribution < -0.4 is 0 Å². The Morgan fingerprint density at radius 3 is 2.54 bits per heavy atom. The maximum absolute atomic E-state index is 13.9. The van der Waals surface area contributed by atoms with Crippen molar-refractivity contribution in [3.63, 3.8) is 0 Å². The van der Waals surface area contributed by atoms with E-state index in [4.69, 9.17) is 0 Å². The fourth-order valence-electron chi connectivity index (χ4n) is 3.06. The molecular weight excluding hydrogens is 372 g/mol. The highest BCUT2D eigenvalue weighted by Gasteiger charge is 2.10. The quantitative estimate of drug-likeness (QED) is 0.318. The Labute approximate surface area is 169 Å². The van der Waals surface area contributed by atoms with Crippen LogP contribution in [0.15, 0.2) is 53.0 Å².